The minimum atomic E-state index is 0.369. The molecule has 0 spiro atoms. The highest BCUT2D eigenvalue weighted by Crippen LogP contribution is 2.30. The van der Waals surface area contributed by atoms with Crippen LogP contribution in [-0.2, 0) is 0 Å². The first kappa shape index (κ1) is 22.5. The maximum atomic E-state index is 5.43. The van der Waals surface area contributed by atoms with Crippen molar-refractivity contribution < 1.29 is 9.47 Å². The van der Waals surface area contributed by atoms with Gasteiger partial charge in [0.05, 0.1) is 14.2 Å². The molecule has 1 aromatic rings. The molecule has 0 bridgehead atoms. The number of guanidine groups is 1. The Kier molecular flexibility index (Phi) is 8.49. The first-order chi connectivity index (χ1) is 14.6. The van der Waals surface area contributed by atoms with Crippen LogP contribution in [0.3, 0.4) is 0 Å². The van der Waals surface area contributed by atoms with Gasteiger partial charge in [0.15, 0.2) is 5.96 Å². The quantitative estimate of drug-likeness (QED) is 0.476. The number of hydrogen-bond acceptors (Lipinski definition) is 5. The molecule has 2 N–H and O–H groups in total. The van der Waals surface area contributed by atoms with Crippen LogP contribution in [0.25, 0.3) is 0 Å². The van der Waals surface area contributed by atoms with Crippen LogP contribution in [-0.4, -0.2) is 76.9 Å². The fourth-order valence-electron chi connectivity index (χ4n) is 4.31. The van der Waals surface area contributed by atoms with Gasteiger partial charge in [0.1, 0.15) is 11.5 Å². The highest BCUT2D eigenvalue weighted by atomic mass is 16.5. The van der Waals surface area contributed by atoms with E-state index in [1.807, 2.05) is 6.07 Å². The molecule has 1 aromatic carbocycles. The average Bonchev–Trinajstić information content (AvgIpc) is 3.44. The van der Waals surface area contributed by atoms with E-state index in [-0.39, 0.29) is 0 Å². The molecule has 2 atom stereocenters. The van der Waals surface area contributed by atoms with Crippen LogP contribution in [0.15, 0.2) is 23.2 Å². The fraction of sp³-hybridized carbons (Fsp3) is 0.696. The maximum Gasteiger partial charge on any atom is 0.191 e. The van der Waals surface area contributed by atoms with E-state index in [1.54, 1.807) is 14.2 Å². The van der Waals surface area contributed by atoms with E-state index >= 15 is 0 Å². The first-order valence-electron chi connectivity index (χ1n) is 11.4. The van der Waals surface area contributed by atoms with Gasteiger partial charge in [-0.25, -0.2) is 0 Å². The van der Waals surface area contributed by atoms with Gasteiger partial charge in [0.25, 0.3) is 0 Å². The van der Waals surface area contributed by atoms with Gasteiger partial charge >= 0.3 is 0 Å². The smallest absolute Gasteiger partial charge is 0.191 e. The van der Waals surface area contributed by atoms with Gasteiger partial charge in [0.2, 0.25) is 0 Å². The summed E-state index contributed by atoms with van der Waals surface area (Å²) < 4.78 is 10.9. The van der Waals surface area contributed by atoms with E-state index in [9.17, 15) is 0 Å². The summed E-state index contributed by atoms with van der Waals surface area (Å²) in [6.07, 6.45) is 3.77. The van der Waals surface area contributed by atoms with Crippen LogP contribution in [0.4, 0.5) is 5.69 Å². The number of nitrogens with zero attached hydrogens (tertiary/aromatic N) is 3. The van der Waals surface area contributed by atoms with Gasteiger partial charge < -0.3 is 29.9 Å². The molecule has 3 rings (SSSR count). The van der Waals surface area contributed by atoms with E-state index in [2.05, 4.69) is 46.4 Å². The van der Waals surface area contributed by atoms with E-state index in [4.69, 9.17) is 14.5 Å². The van der Waals surface area contributed by atoms with Crippen molar-refractivity contribution in [2.24, 2.45) is 10.9 Å². The summed E-state index contributed by atoms with van der Waals surface area (Å²) in [5.41, 5.74) is 1.14. The zero-order chi connectivity index (χ0) is 21.3. The van der Waals surface area contributed by atoms with Crippen molar-refractivity contribution >= 4 is 11.6 Å². The molecule has 7 heteroatoms. The molecule has 30 heavy (non-hydrogen) atoms. The molecule has 0 radical (unpaired) electrons. The third kappa shape index (κ3) is 6.42. The molecule has 0 saturated carbocycles. The molecule has 2 aliphatic heterocycles. The van der Waals surface area contributed by atoms with Crippen molar-refractivity contribution in [1.82, 2.24) is 15.5 Å². The van der Waals surface area contributed by atoms with Gasteiger partial charge in [-0.05, 0) is 45.2 Å². The third-order valence-corrected chi connectivity index (χ3v) is 5.90. The number of hydrogen-bond donors (Lipinski definition) is 2. The topological polar surface area (TPSA) is 61.4 Å². The number of methoxy groups -OCH3 is 2. The molecular formula is C23H39N5O2. The molecule has 2 unspecified atom stereocenters. The monoisotopic (exact) mass is 417 g/mol. The minimum Gasteiger partial charge on any atom is -0.497 e. The van der Waals surface area contributed by atoms with Gasteiger partial charge in [-0.1, -0.05) is 6.92 Å². The number of ether oxygens (including phenoxy) is 2. The van der Waals surface area contributed by atoms with Crippen LogP contribution < -0.4 is 25.0 Å². The Bertz CT molecular complexity index is 668. The number of aliphatic imine (C=N–C) groups is 1. The van der Waals surface area contributed by atoms with Crippen LogP contribution in [0.2, 0.25) is 0 Å². The molecule has 2 heterocycles. The predicted molar refractivity (Wildman–Crippen MR) is 124 cm³/mol. The second-order valence-corrected chi connectivity index (χ2v) is 8.48. The Balaban J connectivity index is 1.55. The van der Waals surface area contributed by atoms with E-state index in [0.717, 1.165) is 62.3 Å². The Labute approximate surface area is 181 Å². The van der Waals surface area contributed by atoms with E-state index in [0.29, 0.717) is 12.0 Å². The van der Waals surface area contributed by atoms with E-state index < -0.39 is 0 Å². The molecule has 2 saturated heterocycles. The van der Waals surface area contributed by atoms with Crippen molar-refractivity contribution in [2.45, 2.75) is 39.2 Å². The van der Waals surface area contributed by atoms with Crippen molar-refractivity contribution in [3.63, 3.8) is 0 Å². The summed E-state index contributed by atoms with van der Waals surface area (Å²) in [6.45, 7) is 11.7. The largest absolute Gasteiger partial charge is 0.497 e. The zero-order valence-corrected chi connectivity index (χ0v) is 19.1. The van der Waals surface area contributed by atoms with E-state index in [1.165, 1.54) is 25.9 Å². The Morgan fingerprint density at radius 3 is 2.47 bits per heavy atom. The summed E-state index contributed by atoms with van der Waals surface area (Å²) >= 11 is 0. The van der Waals surface area contributed by atoms with Gasteiger partial charge in [-0.15, -0.1) is 0 Å². The third-order valence-electron chi connectivity index (χ3n) is 5.90. The van der Waals surface area contributed by atoms with Crippen molar-refractivity contribution in [2.75, 3.05) is 64.9 Å². The molecule has 0 amide bonds. The number of benzene rings is 1. The van der Waals surface area contributed by atoms with Crippen molar-refractivity contribution in [3.05, 3.63) is 18.2 Å². The summed E-state index contributed by atoms with van der Waals surface area (Å²) in [5, 5.41) is 7.06. The predicted octanol–water partition coefficient (Wildman–Crippen LogP) is 2.57. The summed E-state index contributed by atoms with van der Waals surface area (Å²) in [5.74, 6) is 3.15. The van der Waals surface area contributed by atoms with Crippen molar-refractivity contribution in [3.8, 4) is 11.5 Å². The SMILES string of the molecule is CCNC(=NCC(C)CN1CCCC1)NC1CCN(c2cc(OC)cc(OC)c2)C1. The number of anilines is 1. The molecule has 168 valence electrons. The van der Waals surface area contributed by atoms with Gasteiger partial charge in [0, 0.05) is 62.7 Å². The second-order valence-electron chi connectivity index (χ2n) is 8.48. The lowest BCUT2D eigenvalue weighted by atomic mass is 10.2. The Hall–Kier alpha value is -2.15. The van der Waals surface area contributed by atoms with Gasteiger partial charge in [-0.2, -0.15) is 0 Å². The maximum absolute atomic E-state index is 5.43. The fourth-order valence-corrected chi connectivity index (χ4v) is 4.31. The van der Waals surface area contributed by atoms with Gasteiger partial charge in [-0.3, -0.25) is 4.99 Å². The van der Waals surface area contributed by atoms with Crippen molar-refractivity contribution in [1.29, 1.82) is 0 Å². The van der Waals surface area contributed by atoms with Crippen LogP contribution in [0.1, 0.15) is 33.1 Å². The Morgan fingerprint density at radius 2 is 1.83 bits per heavy atom. The normalized spacial score (nSPS) is 21.0. The molecule has 0 aliphatic carbocycles. The Morgan fingerprint density at radius 1 is 1.13 bits per heavy atom. The molecule has 2 fully saturated rings. The van der Waals surface area contributed by atoms with Crippen LogP contribution in [0.5, 0.6) is 11.5 Å². The second kappa shape index (κ2) is 11.3. The lowest BCUT2D eigenvalue weighted by Crippen LogP contribution is -2.45. The number of rotatable bonds is 9. The highest BCUT2D eigenvalue weighted by molar-refractivity contribution is 5.80. The van der Waals surface area contributed by atoms with Crippen LogP contribution in [0, 0.1) is 5.92 Å². The molecule has 0 aromatic heterocycles. The molecule has 7 nitrogen and oxygen atoms in total. The summed E-state index contributed by atoms with van der Waals surface area (Å²) in [6, 6.07) is 6.43. The highest BCUT2D eigenvalue weighted by Gasteiger charge is 2.24. The lowest BCUT2D eigenvalue weighted by Gasteiger charge is -2.22. The first-order valence-corrected chi connectivity index (χ1v) is 11.4. The molecular weight excluding hydrogens is 378 g/mol. The number of likely N-dealkylation sites (tertiary alicyclic amines) is 1. The average molecular weight is 418 g/mol. The zero-order valence-electron chi connectivity index (χ0n) is 19.1. The summed E-state index contributed by atoms with van der Waals surface area (Å²) in [7, 11) is 3.38. The lowest BCUT2D eigenvalue weighted by molar-refractivity contribution is 0.291. The van der Waals surface area contributed by atoms with Crippen LogP contribution >= 0.6 is 0 Å². The molecule has 2 aliphatic rings. The standard InChI is InChI=1S/C23H39N5O2/c1-5-24-23(25-15-18(2)16-27-9-6-7-10-27)26-19-8-11-28(17-19)20-12-21(29-3)14-22(13-20)30-4/h12-14,18-19H,5-11,15-17H2,1-4H3,(H2,24,25,26). The summed E-state index contributed by atoms with van der Waals surface area (Å²) in [4.78, 5) is 9.83. The number of nitrogens with one attached hydrogen (secondary N) is 2. The minimum absolute atomic E-state index is 0.369.